The van der Waals surface area contributed by atoms with E-state index < -0.39 is 25.6 Å². The van der Waals surface area contributed by atoms with E-state index in [2.05, 4.69) is 4.99 Å². The van der Waals surface area contributed by atoms with E-state index in [4.69, 9.17) is 0 Å². The van der Waals surface area contributed by atoms with Gasteiger partial charge >= 0.3 is 0 Å². The predicted octanol–water partition coefficient (Wildman–Crippen LogP) is -0.922. The molecular formula is C6H5NO4S2. The van der Waals surface area contributed by atoms with E-state index >= 15 is 0 Å². The van der Waals surface area contributed by atoms with Crippen LogP contribution >= 0.6 is 0 Å². The number of hydrogen-bond donors (Lipinski definition) is 0. The Kier molecular flexibility index (Phi) is 2.79. The third-order valence-corrected chi connectivity index (χ3v) is 3.00. The Hall–Kier alpha value is -1.21. The van der Waals surface area contributed by atoms with Crippen LogP contribution in [0.4, 0.5) is 0 Å². The third kappa shape index (κ3) is 1.93. The molecule has 0 aliphatic carbocycles. The number of aliphatic imine (C=N–C) groups is 1. The normalized spacial score (nSPS) is 15.6. The molecule has 7 heteroatoms. The van der Waals surface area contributed by atoms with E-state index in [-0.39, 0.29) is 4.86 Å². The number of hydrogen-bond acceptors (Lipinski definition) is 4. The molecule has 0 aromatic rings. The van der Waals surface area contributed by atoms with E-state index in [0.29, 0.717) is 5.57 Å². The van der Waals surface area contributed by atoms with Crippen molar-refractivity contribution in [2.24, 2.45) is 4.99 Å². The summed E-state index contributed by atoms with van der Waals surface area (Å²) in [6, 6.07) is 0. The van der Waals surface area contributed by atoms with Gasteiger partial charge in [0, 0.05) is 6.21 Å². The van der Waals surface area contributed by atoms with E-state index in [9.17, 15) is 16.8 Å². The van der Waals surface area contributed by atoms with Gasteiger partial charge in [-0.2, -0.15) is 16.8 Å². The molecule has 1 aliphatic heterocycles. The van der Waals surface area contributed by atoms with Gasteiger partial charge in [0.15, 0.2) is 0 Å². The summed E-state index contributed by atoms with van der Waals surface area (Å²) in [6.07, 6.45) is 2.68. The summed E-state index contributed by atoms with van der Waals surface area (Å²) in [5.41, 5.74) is 0.363. The minimum Gasteiger partial charge on any atom is -0.239 e. The first-order valence-electron chi connectivity index (χ1n) is 3.18. The molecule has 0 atom stereocenters. The Balaban J connectivity index is 3.71. The van der Waals surface area contributed by atoms with Crippen LogP contribution in [0.15, 0.2) is 16.6 Å². The molecule has 13 heavy (non-hydrogen) atoms. The van der Waals surface area contributed by atoms with Crippen LogP contribution in [0.25, 0.3) is 0 Å². The fourth-order valence-electron chi connectivity index (χ4n) is 0.841. The maximum atomic E-state index is 10.6. The molecule has 0 radical (unpaired) electrons. The van der Waals surface area contributed by atoms with Gasteiger partial charge in [-0.25, -0.2) is 4.99 Å². The first-order valence-corrected chi connectivity index (χ1v) is 5.33. The highest BCUT2D eigenvalue weighted by Gasteiger charge is 2.16. The average molecular weight is 219 g/mol. The van der Waals surface area contributed by atoms with E-state index in [1.165, 1.54) is 19.2 Å². The number of nitrogens with zero attached hydrogens (tertiary/aromatic N) is 1. The van der Waals surface area contributed by atoms with Crippen LogP contribution in [-0.4, -0.2) is 32.9 Å². The van der Waals surface area contributed by atoms with Gasteiger partial charge in [-0.1, -0.05) is 0 Å². The van der Waals surface area contributed by atoms with Crippen molar-refractivity contribution in [1.82, 2.24) is 0 Å². The molecule has 0 aromatic carbocycles. The summed E-state index contributed by atoms with van der Waals surface area (Å²) in [7, 11) is -5.20. The Morgan fingerprint density at radius 1 is 1.15 bits per heavy atom. The Morgan fingerprint density at radius 2 is 1.77 bits per heavy atom. The van der Waals surface area contributed by atoms with Crippen LogP contribution in [0.2, 0.25) is 0 Å². The van der Waals surface area contributed by atoms with Crippen molar-refractivity contribution >= 4 is 36.7 Å². The monoisotopic (exact) mass is 219 g/mol. The first-order chi connectivity index (χ1) is 6.04. The molecule has 5 nitrogen and oxygen atoms in total. The lowest BCUT2D eigenvalue weighted by atomic mass is 10.2. The zero-order valence-electron chi connectivity index (χ0n) is 6.55. The Morgan fingerprint density at radius 3 is 2.15 bits per heavy atom. The fraction of sp³-hybridized carbons (Fsp3) is 0.167. The molecule has 0 spiro atoms. The molecule has 0 unspecified atom stereocenters. The zero-order chi connectivity index (χ0) is 10.0. The lowest BCUT2D eigenvalue weighted by molar-refractivity contribution is 0.624. The van der Waals surface area contributed by atoms with Gasteiger partial charge in [0.05, 0.1) is 0 Å². The predicted molar refractivity (Wildman–Crippen MR) is 50.1 cm³/mol. The van der Waals surface area contributed by atoms with Crippen molar-refractivity contribution in [3.05, 3.63) is 11.6 Å². The van der Waals surface area contributed by atoms with Crippen LogP contribution < -0.4 is 0 Å². The van der Waals surface area contributed by atoms with Crippen LogP contribution in [0.5, 0.6) is 0 Å². The van der Waals surface area contributed by atoms with E-state index in [1.54, 1.807) is 0 Å². The summed E-state index contributed by atoms with van der Waals surface area (Å²) in [4.78, 5) is 2.75. The van der Waals surface area contributed by atoms with Gasteiger partial charge < -0.3 is 0 Å². The molecule has 0 fully saturated rings. The molecule has 0 amide bonds. The Bertz CT molecular complexity index is 544. The molecule has 0 aromatic heterocycles. The second kappa shape index (κ2) is 3.67. The fourth-order valence-corrected chi connectivity index (χ4v) is 2.23. The zero-order valence-corrected chi connectivity index (χ0v) is 8.18. The van der Waals surface area contributed by atoms with Gasteiger partial charge in [-0.15, -0.1) is 0 Å². The second-order valence-electron chi connectivity index (χ2n) is 2.23. The molecule has 0 saturated carbocycles. The van der Waals surface area contributed by atoms with Crippen LogP contribution in [-0.2, 0) is 20.6 Å². The second-order valence-corrected chi connectivity index (χ2v) is 3.97. The average Bonchev–Trinajstić information content (AvgIpc) is 2.02. The quantitative estimate of drug-likeness (QED) is 0.493. The molecule has 0 N–H and O–H groups in total. The van der Waals surface area contributed by atoms with Gasteiger partial charge in [-0.3, -0.25) is 0 Å². The highest BCUT2D eigenvalue weighted by atomic mass is 32.2. The summed E-state index contributed by atoms with van der Waals surface area (Å²) in [6.45, 7) is 1.50. The summed E-state index contributed by atoms with van der Waals surface area (Å²) < 4.78 is 42.4. The molecule has 70 valence electrons. The van der Waals surface area contributed by atoms with Crippen LogP contribution in [0, 0.1) is 0 Å². The minimum absolute atomic E-state index is 0.268. The highest BCUT2D eigenvalue weighted by Crippen LogP contribution is 2.02. The third-order valence-electron chi connectivity index (χ3n) is 1.39. The summed E-state index contributed by atoms with van der Waals surface area (Å²) in [5, 5.41) is 0. The van der Waals surface area contributed by atoms with Crippen molar-refractivity contribution in [3.8, 4) is 0 Å². The molecule has 0 saturated heterocycles. The molecule has 1 aliphatic rings. The SMILES string of the molecule is CC1=CC=NC(=S(=O)=O)C1=S(=O)=O. The smallest absolute Gasteiger partial charge is 0.239 e. The summed E-state index contributed by atoms with van der Waals surface area (Å²) >= 11 is 0. The minimum atomic E-state index is -2.63. The van der Waals surface area contributed by atoms with E-state index in [0.717, 1.165) is 0 Å². The molecule has 1 rings (SSSR count). The number of rotatable bonds is 0. The van der Waals surface area contributed by atoms with Gasteiger partial charge in [0.1, 0.15) is 4.86 Å². The number of dihydropyridines is 1. The van der Waals surface area contributed by atoms with Crippen LogP contribution in [0.3, 0.4) is 0 Å². The van der Waals surface area contributed by atoms with Gasteiger partial charge in [0.25, 0.3) is 0 Å². The van der Waals surface area contributed by atoms with Crippen molar-refractivity contribution < 1.29 is 16.8 Å². The maximum absolute atomic E-state index is 10.6. The van der Waals surface area contributed by atoms with Crippen molar-refractivity contribution in [1.29, 1.82) is 0 Å². The standard InChI is InChI=1S/C6H5NO4S2/c1-4-2-3-7-6(13(10)11)5(4)12(8)9/h2-3H,1H3. The lowest BCUT2D eigenvalue weighted by Crippen LogP contribution is -2.18. The lowest BCUT2D eigenvalue weighted by Gasteiger charge is -2.02. The number of allylic oxidation sites excluding steroid dienone is 1. The van der Waals surface area contributed by atoms with Gasteiger partial charge in [0.2, 0.25) is 25.6 Å². The van der Waals surface area contributed by atoms with E-state index in [1.807, 2.05) is 0 Å². The van der Waals surface area contributed by atoms with Crippen molar-refractivity contribution in [3.63, 3.8) is 0 Å². The largest absolute Gasteiger partial charge is 0.242 e. The molecular weight excluding hydrogens is 214 g/mol. The highest BCUT2D eigenvalue weighted by molar-refractivity contribution is 7.82. The molecule has 1 heterocycles. The summed E-state index contributed by atoms with van der Waals surface area (Å²) in [5.74, 6) is 0. The van der Waals surface area contributed by atoms with Crippen molar-refractivity contribution in [2.75, 3.05) is 0 Å². The topological polar surface area (TPSA) is 80.6 Å². The maximum Gasteiger partial charge on any atom is 0.242 e. The van der Waals surface area contributed by atoms with Crippen LogP contribution in [0.1, 0.15) is 6.92 Å². The van der Waals surface area contributed by atoms with Crippen molar-refractivity contribution in [2.45, 2.75) is 6.92 Å². The molecule has 0 bridgehead atoms. The first kappa shape index (κ1) is 9.87. The van der Waals surface area contributed by atoms with Gasteiger partial charge in [-0.05, 0) is 18.6 Å². The Labute approximate surface area is 77.5 Å².